The molecule has 2 atom stereocenters. The predicted molar refractivity (Wildman–Crippen MR) is 132 cm³/mol. The topological polar surface area (TPSA) is 126 Å². The number of aromatic nitrogens is 2. The van der Waals surface area contributed by atoms with Gasteiger partial charge in [-0.05, 0) is 37.6 Å². The molecule has 2 unspecified atom stereocenters. The van der Waals surface area contributed by atoms with Crippen molar-refractivity contribution in [1.82, 2.24) is 14.7 Å². The smallest absolute Gasteiger partial charge is 0.232 e. The molecule has 10 nitrogen and oxygen atoms in total. The van der Waals surface area contributed by atoms with Gasteiger partial charge in [0.05, 0.1) is 19.0 Å². The van der Waals surface area contributed by atoms with Crippen LogP contribution in [0.3, 0.4) is 0 Å². The average molecular weight is 496 g/mol. The number of fused-ring (bicyclic) bond motifs is 3. The van der Waals surface area contributed by atoms with E-state index in [0.29, 0.717) is 29.4 Å². The number of carbonyl (C=O) groups excluding carboxylic acids is 1. The average Bonchev–Trinajstić information content (AvgIpc) is 3.28. The Hall–Kier alpha value is -3.54. The quantitative estimate of drug-likeness (QED) is 0.424. The summed E-state index contributed by atoms with van der Waals surface area (Å²) in [6, 6.07) is 9.58. The summed E-state index contributed by atoms with van der Waals surface area (Å²) in [5.74, 6) is 1.85. The number of amides is 1. The van der Waals surface area contributed by atoms with Crippen molar-refractivity contribution in [3.05, 3.63) is 53.9 Å². The number of hydrogen-bond donors (Lipinski definition) is 3. The first kappa shape index (κ1) is 23.2. The minimum Gasteiger partial charge on any atom is -0.485 e. The third-order valence-electron chi connectivity index (χ3n) is 6.10. The van der Waals surface area contributed by atoms with Crippen LogP contribution in [0.2, 0.25) is 0 Å². The lowest BCUT2D eigenvalue weighted by Crippen LogP contribution is -2.24. The first-order valence-electron chi connectivity index (χ1n) is 11.2. The van der Waals surface area contributed by atoms with Crippen molar-refractivity contribution in [3.8, 4) is 22.8 Å². The highest BCUT2D eigenvalue weighted by Gasteiger charge is 2.27. The molecule has 1 fully saturated rings. The molecule has 0 bridgehead atoms. The van der Waals surface area contributed by atoms with E-state index in [0.717, 1.165) is 41.1 Å². The summed E-state index contributed by atoms with van der Waals surface area (Å²) in [5.41, 5.74) is 5.03. The minimum atomic E-state index is -2.15. The highest BCUT2D eigenvalue weighted by Crippen LogP contribution is 2.44. The lowest BCUT2D eigenvalue weighted by Gasteiger charge is -2.28. The summed E-state index contributed by atoms with van der Waals surface area (Å²) in [7, 11) is 1.49. The van der Waals surface area contributed by atoms with Crippen LogP contribution in [-0.4, -0.2) is 38.3 Å². The van der Waals surface area contributed by atoms with Crippen molar-refractivity contribution in [2.24, 2.45) is 0 Å². The van der Waals surface area contributed by atoms with E-state index < -0.39 is 11.3 Å². The lowest BCUT2D eigenvalue weighted by molar-refractivity contribution is -0.117. The van der Waals surface area contributed by atoms with Crippen molar-refractivity contribution in [3.63, 3.8) is 0 Å². The molecule has 0 radical (unpaired) electrons. The Morgan fingerprint density at radius 2 is 2.09 bits per heavy atom. The van der Waals surface area contributed by atoms with Gasteiger partial charge in [0, 0.05) is 59.7 Å². The summed E-state index contributed by atoms with van der Waals surface area (Å²) in [6.07, 6.45) is 4.66. The second-order valence-corrected chi connectivity index (χ2v) is 9.12. The zero-order valence-corrected chi connectivity index (χ0v) is 20.1. The van der Waals surface area contributed by atoms with Crippen molar-refractivity contribution in [2.45, 2.75) is 32.4 Å². The van der Waals surface area contributed by atoms with Gasteiger partial charge in [-0.25, -0.2) is 18.9 Å². The highest BCUT2D eigenvalue weighted by atomic mass is 32.2. The van der Waals surface area contributed by atoms with Gasteiger partial charge in [-0.15, -0.1) is 0 Å². The summed E-state index contributed by atoms with van der Waals surface area (Å²) in [4.78, 5) is 22.8. The number of anilines is 3. The lowest BCUT2D eigenvalue weighted by atomic mass is 9.94. The molecule has 11 heteroatoms. The van der Waals surface area contributed by atoms with Crippen LogP contribution in [0.5, 0.6) is 11.6 Å². The maximum atomic E-state index is 12.1. The molecular weight excluding hydrogens is 470 g/mol. The number of benzene rings is 1. The summed E-state index contributed by atoms with van der Waals surface area (Å²) < 4.78 is 33.9. The molecule has 182 valence electrons. The molecule has 2 aliphatic heterocycles. The minimum absolute atomic E-state index is 0.110. The fourth-order valence-corrected chi connectivity index (χ4v) is 4.72. The Morgan fingerprint density at radius 3 is 2.83 bits per heavy atom. The highest BCUT2D eigenvalue weighted by molar-refractivity contribution is 7.77. The normalized spacial score (nSPS) is 17.4. The van der Waals surface area contributed by atoms with Gasteiger partial charge in [-0.2, -0.15) is 0 Å². The molecule has 1 saturated heterocycles. The molecule has 1 amide bonds. The maximum absolute atomic E-state index is 12.1. The van der Waals surface area contributed by atoms with Gasteiger partial charge in [-0.3, -0.25) is 9.35 Å². The number of hydrogen-bond acceptors (Lipinski definition) is 7. The van der Waals surface area contributed by atoms with Crippen LogP contribution in [0.15, 0.2) is 42.7 Å². The van der Waals surface area contributed by atoms with Crippen LogP contribution in [0.25, 0.3) is 11.1 Å². The number of nitrogens with zero attached hydrogens (tertiary/aromatic N) is 3. The molecule has 4 heterocycles. The van der Waals surface area contributed by atoms with Crippen LogP contribution in [0, 0.1) is 0 Å². The monoisotopic (exact) mass is 495 g/mol. The fraction of sp³-hybridized carbons (Fsp3) is 0.292. The molecule has 3 aromatic rings. The summed E-state index contributed by atoms with van der Waals surface area (Å²) in [6.45, 7) is 2.82. The first-order chi connectivity index (χ1) is 16.9. The molecule has 35 heavy (non-hydrogen) atoms. The Morgan fingerprint density at radius 1 is 1.23 bits per heavy atom. The van der Waals surface area contributed by atoms with Crippen LogP contribution < -0.4 is 24.4 Å². The molecule has 0 saturated carbocycles. The van der Waals surface area contributed by atoms with E-state index in [1.165, 1.54) is 7.11 Å². The number of ether oxygens (including phenoxy) is 2. The van der Waals surface area contributed by atoms with Gasteiger partial charge in [0.25, 0.3) is 0 Å². The molecule has 5 rings (SSSR count). The Balaban J connectivity index is 1.41. The van der Waals surface area contributed by atoms with Gasteiger partial charge < -0.3 is 19.7 Å². The summed E-state index contributed by atoms with van der Waals surface area (Å²) >= 11 is -2.15. The molecular formula is C24H25N5O5S. The maximum Gasteiger partial charge on any atom is 0.232 e. The van der Waals surface area contributed by atoms with E-state index in [1.54, 1.807) is 17.2 Å². The third-order valence-corrected chi connectivity index (χ3v) is 6.49. The largest absolute Gasteiger partial charge is 0.485 e. The van der Waals surface area contributed by atoms with Gasteiger partial charge in [-0.1, -0.05) is 0 Å². The second kappa shape index (κ2) is 9.61. The molecule has 2 aliphatic rings. The number of nitrogens with one attached hydrogen (secondary N) is 2. The van der Waals surface area contributed by atoms with Crippen molar-refractivity contribution >= 4 is 34.4 Å². The van der Waals surface area contributed by atoms with E-state index in [2.05, 4.69) is 20.0 Å². The fourth-order valence-electron chi connectivity index (χ4n) is 4.44. The van der Waals surface area contributed by atoms with Gasteiger partial charge in [0.1, 0.15) is 17.7 Å². The SMILES string of the molecule is COc1ncc(Nc2cc3c(cn2)-c2ccc(N4CCCC4=O)cc2OC3C)cc1CNS(=O)O. The molecule has 0 spiro atoms. The zero-order chi connectivity index (χ0) is 24.5. The molecule has 1 aromatic carbocycles. The Labute approximate surface area is 205 Å². The van der Waals surface area contributed by atoms with Gasteiger partial charge in [0.15, 0.2) is 0 Å². The molecule has 3 N–H and O–H groups in total. The Bertz CT molecular complexity index is 1320. The van der Waals surface area contributed by atoms with Crippen molar-refractivity contribution < 1.29 is 23.0 Å². The number of carbonyl (C=O) groups is 1. The first-order valence-corrected chi connectivity index (χ1v) is 12.3. The van der Waals surface area contributed by atoms with Crippen LogP contribution in [-0.2, 0) is 22.6 Å². The van der Waals surface area contributed by atoms with Crippen LogP contribution in [0.1, 0.15) is 37.0 Å². The third kappa shape index (κ3) is 4.70. The standard InChI is InChI=1S/C24H25N5O5S/c1-14-19-10-22(28-16-8-15(11-27-35(31)32)24(33-2)26-12-16)25-13-20(19)18-6-5-17(9-21(18)34-14)29-7-3-4-23(29)30/h5-6,8-10,12-14,27H,3-4,7,11H2,1-2H3,(H,25,28)(H,31,32). The van der Waals surface area contributed by atoms with E-state index in [4.69, 9.17) is 14.0 Å². The molecule has 2 aromatic heterocycles. The van der Waals surface area contributed by atoms with Crippen molar-refractivity contribution in [1.29, 1.82) is 0 Å². The predicted octanol–water partition coefficient (Wildman–Crippen LogP) is 3.70. The zero-order valence-electron chi connectivity index (χ0n) is 19.3. The number of methoxy groups -OCH3 is 1. The van der Waals surface area contributed by atoms with Crippen LogP contribution >= 0.6 is 0 Å². The van der Waals surface area contributed by atoms with E-state index in [-0.39, 0.29) is 18.6 Å². The van der Waals surface area contributed by atoms with Gasteiger partial charge in [0.2, 0.25) is 23.1 Å². The van der Waals surface area contributed by atoms with E-state index in [1.807, 2.05) is 37.4 Å². The van der Waals surface area contributed by atoms with Gasteiger partial charge >= 0.3 is 0 Å². The number of pyridine rings is 2. The Kier molecular flexibility index (Phi) is 6.37. The van der Waals surface area contributed by atoms with E-state index >= 15 is 0 Å². The van der Waals surface area contributed by atoms with E-state index in [9.17, 15) is 9.00 Å². The second-order valence-electron chi connectivity index (χ2n) is 8.33. The van der Waals surface area contributed by atoms with Crippen molar-refractivity contribution in [2.75, 3.05) is 23.9 Å². The molecule has 0 aliphatic carbocycles. The summed E-state index contributed by atoms with van der Waals surface area (Å²) in [5, 5.41) is 3.23. The van der Waals surface area contributed by atoms with Crippen LogP contribution in [0.4, 0.5) is 17.2 Å². The number of rotatable bonds is 7.